The SMILES string of the molecule is CC(C)N1CCC(N2CCCN(c3cccc(C(=O)NCC4CC4)n3)CC2C)CC1. The Morgan fingerprint density at radius 2 is 1.90 bits per heavy atom. The van der Waals surface area contributed by atoms with Crippen LogP contribution in [0.2, 0.25) is 0 Å². The molecule has 2 saturated heterocycles. The van der Waals surface area contributed by atoms with Gasteiger partial charge in [-0.05, 0) is 84.0 Å². The maximum atomic E-state index is 12.5. The van der Waals surface area contributed by atoms with Gasteiger partial charge in [0.05, 0.1) is 0 Å². The van der Waals surface area contributed by atoms with Gasteiger partial charge in [-0.25, -0.2) is 4.98 Å². The molecule has 4 rings (SSSR count). The van der Waals surface area contributed by atoms with Crippen LogP contribution in [-0.2, 0) is 0 Å². The third-order valence-corrected chi connectivity index (χ3v) is 7.13. The normalized spacial score (nSPS) is 24.8. The van der Waals surface area contributed by atoms with Gasteiger partial charge in [-0.15, -0.1) is 0 Å². The highest BCUT2D eigenvalue weighted by Crippen LogP contribution is 2.28. The molecule has 166 valence electrons. The van der Waals surface area contributed by atoms with E-state index in [4.69, 9.17) is 4.98 Å². The van der Waals surface area contributed by atoms with E-state index in [-0.39, 0.29) is 5.91 Å². The van der Waals surface area contributed by atoms with Gasteiger partial charge in [-0.2, -0.15) is 0 Å². The number of nitrogens with one attached hydrogen (secondary N) is 1. The van der Waals surface area contributed by atoms with E-state index in [9.17, 15) is 4.79 Å². The molecule has 1 aromatic rings. The quantitative estimate of drug-likeness (QED) is 0.777. The molecular formula is C24H39N5O. The van der Waals surface area contributed by atoms with E-state index in [0.29, 0.717) is 29.7 Å². The van der Waals surface area contributed by atoms with Crippen molar-refractivity contribution >= 4 is 11.7 Å². The van der Waals surface area contributed by atoms with E-state index in [1.807, 2.05) is 12.1 Å². The summed E-state index contributed by atoms with van der Waals surface area (Å²) in [5, 5.41) is 3.04. The highest BCUT2D eigenvalue weighted by atomic mass is 16.1. The molecule has 1 N–H and O–H groups in total. The summed E-state index contributed by atoms with van der Waals surface area (Å²) in [7, 11) is 0. The summed E-state index contributed by atoms with van der Waals surface area (Å²) in [4.78, 5) is 24.9. The average Bonchev–Trinajstić information content (AvgIpc) is 3.60. The first-order valence-corrected chi connectivity index (χ1v) is 12.0. The Hall–Kier alpha value is -1.66. The number of rotatable bonds is 6. The number of piperidine rings is 1. The molecule has 3 heterocycles. The van der Waals surface area contributed by atoms with Gasteiger partial charge >= 0.3 is 0 Å². The van der Waals surface area contributed by atoms with Crippen LogP contribution in [0.1, 0.15) is 63.4 Å². The number of nitrogens with zero attached hydrogens (tertiary/aromatic N) is 4. The zero-order chi connectivity index (χ0) is 21.1. The monoisotopic (exact) mass is 413 g/mol. The number of carbonyl (C=O) groups excluding carboxylic acids is 1. The summed E-state index contributed by atoms with van der Waals surface area (Å²) >= 11 is 0. The molecule has 0 spiro atoms. The molecule has 0 aromatic carbocycles. The highest BCUT2D eigenvalue weighted by Gasteiger charge is 2.31. The van der Waals surface area contributed by atoms with Crippen LogP contribution in [0.25, 0.3) is 0 Å². The van der Waals surface area contributed by atoms with Crippen molar-refractivity contribution in [3.05, 3.63) is 23.9 Å². The highest BCUT2D eigenvalue weighted by molar-refractivity contribution is 5.92. The number of amides is 1. The van der Waals surface area contributed by atoms with Gasteiger partial charge in [0.25, 0.3) is 5.91 Å². The summed E-state index contributed by atoms with van der Waals surface area (Å²) in [5.74, 6) is 1.59. The van der Waals surface area contributed by atoms with Gasteiger partial charge in [0.15, 0.2) is 0 Å². The van der Waals surface area contributed by atoms with E-state index < -0.39 is 0 Å². The fourth-order valence-corrected chi connectivity index (χ4v) is 5.04. The number of aromatic nitrogens is 1. The number of carbonyl (C=O) groups is 1. The van der Waals surface area contributed by atoms with Crippen LogP contribution in [0.4, 0.5) is 5.82 Å². The van der Waals surface area contributed by atoms with Crippen molar-refractivity contribution in [3.8, 4) is 0 Å². The fraction of sp³-hybridized carbons (Fsp3) is 0.750. The Morgan fingerprint density at radius 3 is 2.60 bits per heavy atom. The molecule has 1 aromatic heterocycles. The number of hydrogen-bond acceptors (Lipinski definition) is 5. The minimum atomic E-state index is -0.0369. The Balaban J connectivity index is 1.36. The van der Waals surface area contributed by atoms with Gasteiger partial charge < -0.3 is 15.1 Å². The number of hydrogen-bond donors (Lipinski definition) is 1. The predicted octanol–water partition coefficient (Wildman–Crippen LogP) is 2.99. The second kappa shape index (κ2) is 9.65. The largest absolute Gasteiger partial charge is 0.355 e. The lowest BCUT2D eigenvalue weighted by Gasteiger charge is -2.42. The fourth-order valence-electron chi connectivity index (χ4n) is 5.04. The van der Waals surface area contributed by atoms with Gasteiger partial charge in [0.1, 0.15) is 11.5 Å². The Bertz CT molecular complexity index is 711. The lowest BCUT2D eigenvalue weighted by Crippen LogP contribution is -2.51. The lowest BCUT2D eigenvalue weighted by atomic mass is 10.00. The van der Waals surface area contributed by atoms with Crippen molar-refractivity contribution in [2.75, 3.05) is 44.2 Å². The van der Waals surface area contributed by atoms with Gasteiger partial charge in [0.2, 0.25) is 0 Å². The van der Waals surface area contributed by atoms with Crippen LogP contribution >= 0.6 is 0 Å². The summed E-state index contributed by atoms with van der Waals surface area (Å²) in [6, 6.07) is 7.72. The molecule has 2 aliphatic heterocycles. The predicted molar refractivity (Wildman–Crippen MR) is 122 cm³/mol. The summed E-state index contributed by atoms with van der Waals surface area (Å²) in [6.07, 6.45) is 6.18. The van der Waals surface area contributed by atoms with Crippen molar-refractivity contribution in [3.63, 3.8) is 0 Å². The van der Waals surface area contributed by atoms with Gasteiger partial charge in [-0.1, -0.05) is 6.07 Å². The van der Waals surface area contributed by atoms with E-state index in [1.54, 1.807) is 0 Å². The van der Waals surface area contributed by atoms with Crippen LogP contribution in [-0.4, -0.2) is 78.1 Å². The van der Waals surface area contributed by atoms with Gasteiger partial charge in [0, 0.05) is 44.3 Å². The van der Waals surface area contributed by atoms with Crippen LogP contribution in [0.15, 0.2) is 18.2 Å². The van der Waals surface area contributed by atoms with Crippen LogP contribution in [0.5, 0.6) is 0 Å². The van der Waals surface area contributed by atoms with E-state index in [0.717, 1.165) is 38.4 Å². The van der Waals surface area contributed by atoms with E-state index in [1.165, 1.54) is 38.8 Å². The molecule has 1 unspecified atom stereocenters. The molecule has 1 saturated carbocycles. The molecule has 30 heavy (non-hydrogen) atoms. The van der Waals surface area contributed by atoms with Crippen molar-refractivity contribution in [1.29, 1.82) is 0 Å². The zero-order valence-electron chi connectivity index (χ0n) is 19.0. The van der Waals surface area contributed by atoms with Crippen molar-refractivity contribution in [1.82, 2.24) is 20.1 Å². The molecule has 1 atom stereocenters. The molecule has 0 radical (unpaired) electrons. The number of pyridine rings is 1. The molecule has 3 fully saturated rings. The maximum absolute atomic E-state index is 12.5. The van der Waals surface area contributed by atoms with Crippen molar-refractivity contribution in [2.24, 2.45) is 5.92 Å². The van der Waals surface area contributed by atoms with Crippen LogP contribution < -0.4 is 10.2 Å². The first-order valence-electron chi connectivity index (χ1n) is 12.0. The number of likely N-dealkylation sites (tertiary alicyclic amines) is 1. The molecular weight excluding hydrogens is 374 g/mol. The van der Waals surface area contributed by atoms with E-state index in [2.05, 4.69) is 46.9 Å². The van der Waals surface area contributed by atoms with Crippen molar-refractivity contribution < 1.29 is 4.79 Å². The smallest absolute Gasteiger partial charge is 0.269 e. The topological polar surface area (TPSA) is 51.7 Å². The molecule has 1 amide bonds. The third-order valence-electron chi connectivity index (χ3n) is 7.13. The molecule has 1 aliphatic carbocycles. The standard InChI is InChI=1S/C24H39N5O/c1-18(2)27-14-10-21(11-15-27)29-13-5-12-28(17-19(29)3)23-7-4-6-22(26-23)24(30)25-16-20-8-9-20/h4,6-7,18-21H,5,8-17H2,1-3H3,(H,25,30). The van der Waals surface area contributed by atoms with Crippen molar-refractivity contribution in [2.45, 2.75) is 71.0 Å². The Labute approximate surface area is 182 Å². The maximum Gasteiger partial charge on any atom is 0.269 e. The Morgan fingerprint density at radius 1 is 1.13 bits per heavy atom. The van der Waals surface area contributed by atoms with Crippen LogP contribution in [0.3, 0.4) is 0 Å². The third kappa shape index (κ3) is 5.33. The Kier molecular flexibility index (Phi) is 6.94. The zero-order valence-corrected chi connectivity index (χ0v) is 19.0. The molecule has 6 nitrogen and oxygen atoms in total. The minimum Gasteiger partial charge on any atom is -0.355 e. The first-order chi connectivity index (χ1) is 14.5. The average molecular weight is 414 g/mol. The van der Waals surface area contributed by atoms with Crippen LogP contribution in [0, 0.1) is 5.92 Å². The van der Waals surface area contributed by atoms with Gasteiger partial charge in [-0.3, -0.25) is 9.69 Å². The second-order valence-electron chi connectivity index (χ2n) is 9.78. The number of anilines is 1. The summed E-state index contributed by atoms with van der Waals surface area (Å²) < 4.78 is 0. The lowest BCUT2D eigenvalue weighted by molar-refractivity contribution is 0.0737. The minimum absolute atomic E-state index is 0.0369. The first kappa shape index (κ1) is 21.6. The molecule has 0 bridgehead atoms. The summed E-state index contributed by atoms with van der Waals surface area (Å²) in [5.41, 5.74) is 0.544. The summed E-state index contributed by atoms with van der Waals surface area (Å²) in [6.45, 7) is 13.3. The second-order valence-corrected chi connectivity index (χ2v) is 9.78. The van der Waals surface area contributed by atoms with E-state index >= 15 is 0 Å². The molecule has 3 aliphatic rings. The molecule has 6 heteroatoms.